The second kappa shape index (κ2) is 8.17. The van der Waals surface area contributed by atoms with Crippen molar-refractivity contribution < 1.29 is 4.79 Å². The molecule has 11 heteroatoms. The number of nitrogens with zero attached hydrogens (tertiary/aromatic N) is 4. The van der Waals surface area contributed by atoms with Gasteiger partial charge in [-0.2, -0.15) is 5.10 Å². The summed E-state index contributed by atoms with van der Waals surface area (Å²) in [6.45, 7) is 1.95. The van der Waals surface area contributed by atoms with Crippen LogP contribution in [0.15, 0.2) is 34.2 Å². The van der Waals surface area contributed by atoms with Crippen LogP contribution in [0.5, 0.6) is 0 Å². The first kappa shape index (κ1) is 19.7. The number of aromatic nitrogens is 2. The van der Waals surface area contributed by atoms with E-state index < -0.39 is 11.5 Å². The van der Waals surface area contributed by atoms with Gasteiger partial charge in [0.25, 0.3) is 11.5 Å². The fraction of sp³-hybridized carbons (Fsp3) is 0.200. The van der Waals surface area contributed by atoms with Crippen LogP contribution in [0.25, 0.3) is 11.1 Å². The number of halogens is 2. The topological polar surface area (TPSA) is 132 Å². The van der Waals surface area contributed by atoms with Gasteiger partial charge in [-0.15, -0.1) is 5.10 Å². The molecule has 1 heterocycles. The van der Waals surface area contributed by atoms with E-state index in [9.17, 15) is 9.59 Å². The molecule has 0 bridgehead atoms. The molecule has 5 N–H and O–H groups in total. The predicted molar refractivity (Wildman–Crippen MR) is 101 cm³/mol. The predicted octanol–water partition coefficient (Wildman–Crippen LogP) is 1.00. The van der Waals surface area contributed by atoms with Crippen molar-refractivity contribution in [3.63, 3.8) is 0 Å². The number of hydrogen-bond acceptors (Lipinski definition) is 6. The van der Waals surface area contributed by atoms with Crippen LogP contribution in [0.1, 0.15) is 17.4 Å². The minimum Gasteiger partial charge on any atom is -0.320 e. The van der Waals surface area contributed by atoms with Gasteiger partial charge in [0.05, 0.1) is 10.6 Å². The number of benzene rings is 1. The largest absolute Gasteiger partial charge is 0.320 e. The van der Waals surface area contributed by atoms with Crippen LogP contribution >= 0.6 is 23.2 Å². The van der Waals surface area contributed by atoms with E-state index >= 15 is 0 Å². The normalized spacial score (nSPS) is 11.3. The first-order valence-electron chi connectivity index (χ1n) is 7.44. The third-order valence-corrected chi connectivity index (χ3v) is 4.01. The zero-order valence-electron chi connectivity index (χ0n) is 14.0. The number of rotatable bonds is 3. The van der Waals surface area contributed by atoms with Gasteiger partial charge in [0.15, 0.2) is 5.69 Å². The average molecular weight is 398 g/mol. The third-order valence-electron chi connectivity index (χ3n) is 3.41. The van der Waals surface area contributed by atoms with Gasteiger partial charge in [-0.3, -0.25) is 19.9 Å². The van der Waals surface area contributed by atoms with Crippen LogP contribution in [0, 0.1) is 0 Å². The molecule has 9 nitrogen and oxygen atoms in total. The second-order valence-corrected chi connectivity index (χ2v) is 6.00. The van der Waals surface area contributed by atoms with Gasteiger partial charge >= 0.3 is 0 Å². The highest BCUT2D eigenvalue weighted by Gasteiger charge is 2.23. The van der Waals surface area contributed by atoms with Gasteiger partial charge in [-0.1, -0.05) is 35.3 Å². The van der Waals surface area contributed by atoms with E-state index in [0.717, 1.165) is 9.69 Å². The quantitative estimate of drug-likeness (QED) is 0.306. The highest BCUT2D eigenvalue weighted by atomic mass is 35.5. The number of nitrogens with one attached hydrogen (secondary N) is 1. The molecule has 1 aromatic heterocycles. The molecule has 0 saturated heterocycles. The molecule has 0 aliphatic carbocycles. The lowest BCUT2D eigenvalue weighted by Gasteiger charge is -2.16. The number of carbonyl (C=O) groups is 1. The molecule has 0 fully saturated rings. The number of amides is 1. The highest BCUT2D eigenvalue weighted by Crippen LogP contribution is 2.28. The molecule has 0 aliphatic heterocycles. The molecule has 1 amide bonds. The lowest BCUT2D eigenvalue weighted by molar-refractivity contribution is 0.0965. The Hall–Kier alpha value is -2.62. The molecule has 0 unspecified atom stereocenters. The minimum absolute atomic E-state index is 0.105. The Kier molecular flexibility index (Phi) is 6.19. The summed E-state index contributed by atoms with van der Waals surface area (Å²) in [5.41, 5.74) is -0.0376. The molecule has 2 rings (SSSR count). The Bertz CT molecular complexity index is 925. The SMILES string of the molecule is CCn1nc(C(=O)N/C(=N/N)N(C)N)c(Cl)c(-c2cccc(Cl)c2)c1=O. The molecule has 0 atom stereocenters. The lowest BCUT2D eigenvalue weighted by Crippen LogP contribution is -2.47. The summed E-state index contributed by atoms with van der Waals surface area (Å²) in [6, 6.07) is 6.57. The molecule has 0 radical (unpaired) electrons. The van der Waals surface area contributed by atoms with Gasteiger partial charge in [-0.05, 0) is 24.6 Å². The first-order valence-corrected chi connectivity index (χ1v) is 8.19. The van der Waals surface area contributed by atoms with E-state index in [4.69, 9.17) is 34.9 Å². The summed E-state index contributed by atoms with van der Waals surface area (Å²) in [5, 5.41) is 11.1. The second-order valence-electron chi connectivity index (χ2n) is 5.19. The fourth-order valence-corrected chi connectivity index (χ4v) is 2.68. The van der Waals surface area contributed by atoms with Gasteiger partial charge in [0.1, 0.15) is 0 Å². The Morgan fingerprint density at radius 1 is 1.42 bits per heavy atom. The van der Waals surface area contributed by atoms with E-state index in [1.165, 1.54) is 7.05 Å². The van der Waals surface area contributed by atoms with Crippen LogP contribution in [-0.2, 0) is 6.54 Å². The van der Waals surface area contributed by atoms with Crippen molar-refractivity contribution in [2.75, 3.05) is 7.05 Å². The van der Waals surface area contributed by atoms with Crippen molar-refractivity contribution in [3.8, 4) is 11.1 Å². The zero-order valence-corrected chi connectivity index (χ0v) is 15.5. The number of aryl methyl sites for hydroxylation is 1. The average Bonchev–Trinajstić information content (AvgIpc) is 2.59. The summed E-state index contributed by atoms with van der Waals surface area (Å²) < 4.78 is 1.13. The van der Waals surface area contributed by atoms with E-state index in [0.29, 0.717) is 10.6 Å². The van der Waals surface area contributed by atoms with Gasteiger partial charge in [-0.25, -0.2) is 10.5 Å². The van der Waals surface area contributed by atoms with E-state index in [1.807, 2.05) is 0 Å². The van der Waals surface area contributed by atoms with Crippen molar-refractivity contribution in [2.24, 2.45) is 16.8 Å². The van der Waals surface area contributed by atoms with E-state index in [-0.39, 0.29) is 28.8 Å². The minimum atomic E-state index is -0.720. The molecular formula is C15H17Cl2N7O2. The van der Waals surface area contributed by atoms with Crippen LogP contribution in [0.3, 0.4) is 0 Å². The number of hydrazine groups is 1. The smallest absolute Gasteiger partial charge is 0.280 e. The van der Waals surface area contributed by atoms with Crippen molar-refractivity contribution in [2.45, 2.75) is 13.5 Å². The first-order chi connectivity index (χ1) is 12.3. The number of guanidine groups is 1. The van der Waals surface area contributed by atoms with Crippen molar-refractivity contribution in [3.05, 3.63) is 50.4 Å². The molecular weight excluding hydrogens is 381 g/mol. The zero-order chi connectivity index (χ0) is 19.4. The molecule has 1 aromatic carbocycles. The van der Waals surface area contributed by atoms with Gasteiger partial charge in [0, 0.05) is 18.6 Å². The summed E-state index contributed by atoms with van der Waals surface area (Å²) >= 11 is 12.3. The number of hydrogen-bond donors (Lipinski definition) is 3. The highest BCUT2D eigenvalue weighted by molar-refractivity contribution is 6.36. The Labute approximate surface area is 159 Å². The van der Waals surface area contributed by atoms with E-state index in [1.54, 1.807) is 31.2 Å². The number of hydrazone groups is 1. The Morgan fingerprint density at radius 2 is 2.12 bits per heavy atom. The summed E-state index contributed by atoms with van der Waals surface area (Å²) in [5.74, 6) is 9.87. The van der Waals surface area contributed by atoms with Gasteiger partial charge < -0.3 is 5.84 Å². The Morgan fingerprint density at radius 3 is 2.65 bits per heavy atom. The summed E-state index contributed by atoms with van der Waals surface area (Å²) in [4.78, 5) is 25.2. The van der Waals surface area contributed by atoms with Crippen LogP contribution < -0.4 is 22.6 Å². The molecule has 26 heavy (non-hydrogen) atoms. The Balaban J connectivity index is 2.64. The van der Waals surface area contributed by atoms with Crippen molar-refractivity contribution in [1.82, 2.24) is 20.1 Å². The molecule has 138 valence electrons. The van der Waals surface area contributed by atoms with E-state index in [2.05, 4.69) is 15.5 Å². The lowest BCUT2D eigenvalue weighted by atomic mass is 10.1. The fourth-order valence-electron chi connectivity index (χ4n) is 2.18. The van der Waals surface area contributed by atoms with Crippen LogP contribution in [0.4, 0.5) is 0 Å². The summed E-state index contributed by atoms with van der Waals surface area (Å²) in [6.07, 6.45) is 0. The molecule has 0 aliphatic rings. The third kappa shape index (κ3) is 3.96. The maximum Gasteiger partial charge on any atom is 0.280 e. The maximum atomic E-state index is 12.7. The molecule has 2 aromatic rings. The molecule has 0 spiro atoms. The number of carbonyl (C=O) groups excluding carboxylic acids is 1. The van der Waals surface area contributed by atoms with Gasteiger partial charge in [0.2, 0.25) is 5.96 Å². The summed E-state index contributed by atoms with van der Waals surface area (Å²) in [7, 11) is 1.44. The van der Waals surface area contributed by atoms with Crippen LogP contribution in [0.2, 0.25) is 10.0 Å². The molecule has 0 saturated carbocycles. The van der Waals surface area contributed by atoms with Crippen molar-refractivity contribution >= 4 is 35.1 Å². The monoisotopic (exact) mass is 397 g/mol. The standard InChI is InChI=1S/C15H17Cl2N7O2/c1-3-24-14(26)10(8-5-4-6-9(16)7-8)11(17)12(22-24)13(25)20-15(21-18)23(2)19/h4-7H,3,18-19H2,1-2H3,(H,20,21,25). The number of nitrogens with two attached hydrogens (primary N) is 2. The van der Waals surface area contributed by atoms with Crippen LogP contribution in [-0.4, -0.2) is 33.7 Å². The maximum absolute atomic E-state index is 12.7. The van der Waals surface area contributed by atoms with Crippen molar-refractivity contribution in [1.29, 1.82) is 0 Å².